The zero-order valence-electron chi connectivity index (χ0n) is 10.9. The maximum absolute atomic E-state index is 12.2. The fourth-order valence-corrected chi connectivity index (χ4v) is 2.00. The SMILES string of the molecule is Cl.O=C(Nc1cnc2[nH]ccc2c1)C(CO)n1ccnc1. The van der Waals surface area contributed by atoms with Crippen LogP contribution >= 0.6 is 12.4 Å². The van der Waals surface area contributed by atoms with Gasteiger partial charge in [-0.1, -0.05) is 0 Å². The molecule has 3 aromatic heterocycles. The molecule has 3 heterocycles. The molecule has 1 amide bonds. The molecule has 0 aliphatic heterocycles. The molecule has 0 aromatic carbocycles. The Balaban J connectivity index is 0.00000161. The third-order valence-electron chi connectivity index (χ3n) is 3.03. The van der Waals surface area contributed by atoms with Gasteiger partial charge in [0.25, 0.3) is 0 Å². The lowest BCUT2D eigenvalue weighted by molar-refractivity contribution is -0.120. The molecule has 0 aliphatic rings. The predicted octanol–water partition coefficient (Wildman–Crippen LogP) is 1.35. The monoisotopic (exact) mass is 307 g/mol. The van der Waals surface area contributed by atoms with Gasteiger partial charge in [-0.05, 0) is 12.1 Å². The Morgan fingerprint density at radius 3 is 3.10 bits per heavy atom. The molecular weight excluding hydrogens is 294 g/mol. The topological polar surface area (TPSA) is 95.8 Å². The molecule has 3 rings (SSSR count). The Labute approximate surface area is 126 Å². The minimum atomic E-state index is -0.709. The highest BCUT2D eigenvalue weighted by Gasteiger charge is 2.19. The predicted molar refractivity (Wildman–Crippen MR) is 80.3 cm³/mol. The quantitative estimate of drug-likeness (QED) is 0.678. The van der Waals surface area contributed by atoms with Gasteiger partial charge in [0.15, 0.2) is 0 Å². The molecule has 0 bridgehead atoms. The Bertz CT molecular complexity index is 725. The van der Waals surface area contributed by atoms with E-state index < -0.39 is 6.04 Å². The van der Waals surface area contributed by atoms with Gasteiger partial charge in [0.05, 0.1) is 24.8 Å². The van der Waals surface area contributed by atoms with Gasteiger partial charge in [-0.2, -0.15) is 0 Å². The van der Waals surface area contributed by atoms with E-state index >= 15 is 0 Å². The zero-order valence-corrected chi connectivity index (χ0v) is 11.7. The molecule has 7 nitrogen and oxygen atoms in total. The fraction of sp³-hybridized carbons (Fsp3) is 0.154. The van der Waals surface area contributed by atoms with Gasteiger partial charge in [-0.3, -0.25) is 4.79 Å². The summed E-state index contributed by atoms with van der Waals surface area (Å²) < 4.78 is 1.55. The van der Waals surface area contributed by atoms with Crippen LogP contribution in [-0.2, 0) is 4.79 Å². The fourth-order valence-electron chi connectivity index (χ4n) is 2.00. The highest BCUT2D eigenvalue weighted by molar-refractivity contribution is 5.95. The average Bonchev–Trinajstić information content (AvgIpc) is 3.09. The summed E-state index contributed by atoms with van der Waals surface area (Å²) in [4.78, 5) is 23.2. The Morgan fingerprint density at radius 2 is 2.38 bits per heavy atom. The summed E-state index contributed by atoms with van der Waals surface area (Å²) in [7, 11) is 0. The summed E-state index contributed by atoms with van der Waals surface area (Å²) >= 11 is 0. The second-order valence-electron chi connectivity index (χ2n) is 4.34. The maximum atomic E-state index is 12.2. The largest absolute Gasteiger partial charge is 0.394 e. The molecule has 0 fully saturated rings. The van der Waals surface area contributed by atoms with Crippen LogP contribution in [-0.4, -0.2) is 37.1 Å². The Hall–Kier alpha value is -2.38. The molecule has 1 unspecified atom stereocenters. The van der Waals surface area contributed by atoms with Crippen molar-refractivity contribution < 1.29 is 9.90 Å². The smallest absolute Gasteiger partial charge is 0.249 e. The average molecular weight is 308 g/mol. The summed E-state index contributed by atoms with van der Waals surface area (Å²) in [5, 5.41) is 13.0. The molecule has 0 aliphatic carbocycles. The molecule has 8 heteroatoms. The van der Waals surface area contributed by atoms with Crippen molar-refractivity contribution >= 4 is 35.0 Å². The summed E-state index contributed by atoms with van der Waals surface area (Å²) in [6, 6.07) is 2.98. The van der Waals surface area contributed by atoms with Crippen LogP contribution in [0.1, 0.15) is 6.04 Å². The lowest BCUT2D eigenvalue weighted by Gasteiger charge is -2.15. The molecule has 0 saturated carbocycles. The maximum Gasteiger partial charge on any atom is 0.249 e. The van der Waals surface area contributed by atoms with E-state index in [0.29, 0.717) is 5.69 Å². The molecule has 0 saturated heterocycles. The highest BCUT2D eigenvalue weighted by Crippen LogP contribution is 2.16. The first-order valence-corrected chi connectivity index (χ1v) is 6.10. The van der Waals surface area contributed by atoms with Crippen LogP contribution < -0.4 is 5.32 Å². The van der Waals surface area contributed by atoms with Crippen LogP contribution in [0.4, 0.5) is 5.69 Å². The van der Waals surface area contributed by atoms with Crippen molar-refractivity contribution in [1.29, 1.82) is 0 Å². The normalized spacial score (nSPS) is 11.9. The zero-order chi connectivity index (χ0) is 13.9. The van der Waals surface area contributed by atoms with Gasteiger partial charge in [0.2, 0.25) is 5.91 Å². The summed E-state index contributed by atoms with van der Waals surface area (Å²) in [5.41, 5.74) is 1.34. The molecule has 110 valence electrons. The molecular formula is C13H14ClN5O2. The summed E-state index contributed by atoms with van der Waals surface area (Å²) in [6.45, 7) is -0.304. The van der Waals surface area contributed by atoms with Gasteiger partial charge in [-0.15, -0.1) is 12.4 Å². The number of hydrogen-bond acceptors (Lipinski definition) is 4. The van der Waals surface area contributed by atoms with Crippen molar-refractivity contribution in [2.75, 3.05) is 11.9 Å². The number of carbonyl (C=O) groups is 1. The van der Waals surface area contributed by atoms with Crippen LogP contribution in [0.25, 0.3) is 11.0 Å². The third kappa shape index (κ3) is 3.04. The van der Waals surface area contributed by atoms with E-state index in [1.165, 1.54) is 6.33 Å². The number of rotatable bonds is 4. The van der Waals surface area contributed by atoms with E-state index in [2.05, 4.69) is 20.3 Å². The van der Waals surface area contributed by atoms with Gasteiger partial charge in [0, 0.05) is 24.0 Å². The number of nitrogens with zero attached hydrogens (tertiary/aromatic N) is 3. The van der Waals surface area contributed by atoms with Crippen molar-refractivity contribution in [3.63, 3.8) is 0 Å². The molecule has 0 spiro atoms. The Morgan fingerprint density at radius 1 is 1.52 bits per heavy atom. The van der Waals surface area contributed by atoms with Crippen LogP contribution in [0.2, 0.25) is 0 Å². The van der Waals surface area contributed by atoms with Crippen LogP contribution in [0.5, 0.6) is 0 Å². The highest BCUT2D eigenvalue weighted by atomic mass is 35.5. The second-order valence-corrected chi connectivity index (χ2v) is 4.34. The molecule has 3 N–H and O–H groups in total. The Kier molecular flexibility index (Phi) is 4.56. The second kappa shape index (κ2) is 6.38. The number of aliphatic hydroxyl groups excluding tert-OH is 1. The van der Waals surface area contributed by atoms with E-state index in [1.807, 2.05) is 12.1 Å². The van der Waals surface area contributed by atoms with E-state index in [9.17, 15) is 9.90 Å². The van der Waals surface area contributed by atoms with Gasteiger partial charge in [-0.25, -0.2) is 9.97 Å². The number of amides is 1. The van der Waals surface area contributed by atoms with E-state index in [0.717, 1.165) is 11.0 Å². The standard InChI is InChI=1S/C13H13N5O2.ClH/c19-7-11(18-4-3-14-8-18)13(20)17-10-5-9-1-2-15-12(9)16-6-10;/h1-6,8,11,19H,7H2,(H,15,16)(H,17,20);1H. The van der Waals surface area contributed by atoms with Crippen molar-refractivity contribution in [2.45, 2.75) is 6.04 Å². The van der Waals surface area contributed by atoms with Gasteiger partial charge < -0.3 is 20.0 Å². The first kappa shape index (κ1) is 15.0. The summed E-state index contributed by atoms with van der Waals surface area (Å²) in [5.74, 6) is -0.317. The molecule has 1 atom stereocenters. The van der Waals surface area contributed by atoms with E-state index in [1.54, 1.807) is 29.4 Å². The number of aromatic nitrogens is 4. The number of pyridine rings is 1. The van der Waals surface area contributed by atoms with Crippen LogP contribution in [0, 0.1) is 0 Å². The van der Waals surface area contributed by atoms with Crippen LogP contribution in [0.15, 0.2) is 43.2 Å². The van der Waals surface area contributed by atoms with E-state index in [4.69, 9.17) is 0 Å². The molecule has 0 radical (unpaired) electrons. The molecule has 21 heavy (non-hydrogen) atoms. The summed E-state index contributed by atoms with van der Waals surface area (Å²) in [6.07, 6.45) is 8.04. The first-order valence-electron chi connectivity index (χ1n) is 6.10. The molecule has 3 aromatic rings. The number of carbonyl (C=O) groups excluding carboxylic acids is 1. The van der Waals surface area contributed by atoms with E-state index in [-0.39, 0.29) is 24.9 Å². The van der Waals surface area contributed by atoms with Crippen molar-refractivity contribution in [2.24, 2.45) is 0 Å². The number of hydrogen-bond donors (Lipinski definition) is 3. The van der Waals surface area contributed by atoms with Gasteiger partial charge >= 0.3 is 0 Å². The minimum Gasteiger partial charge on any atom is -0.394 e. The van der Waals surface area contributed by atoms with Crippen molar-refractivity contribution in [1.82, 2.24) is 19.5 Å². The third-order valence-corrected chi connectivity index (χ3v) is 3.03. The number of fused-ring (bicyclic) bond motifs is 1. The van der Waals surface area contributed by atoms with Gasteiger partial charge in [0.1, 0.15) is 11.7 Å². The number of aliphatic hydroxyl groups is 1. The first-order chi connectivity index (χ1) is 9.78. The number of halogens is 1. The number of imidazole rings is 1. The number of anilines is 1. The number of aromatic amines is 1. The number of nitrogens with one attached hydrogen (secondary N) is 2. The number of H-pyrrole nitrogens is 1. The lowest BCUT2D eigenvalue weighted by atomic mass is 10.2. The van der Waals surface area contributed by atoms with Crippen molar-refractivity contribution in [3.8, 4) is 0 Å². The lowest BCUT2D eigenvalue weighted by Crippen LogP contribution is -2.28. The minimum absolute atomic E-state index is 0. The van der Waals surface area contributed by atoms with Crippen molar-refractivity contribution in [3.05, 3.63) is 43.2 Å². The van der Waals surface area contributed by atoms with Crippen LogP contribution in [0.3, 0.4) is 0 Å².